The molecule has 0 saturated carbocycles. The van der Waals surface area contributed by atoms with Gasteiger partial charge in [-0.05, 0) is 35.4 Å². The summed E-state index contributed by atoms with van der Waals surface area (Å²) in [5, 5.41) is 1.36. The Hall–Kier alpha value is -1.10. The Morgan fingerprint density at radius 1 is 1.28 bits per heavy atom. The second-order valence-corrected chi connectivity index (χ2v) is 5.12. The second-order valence-electron chi connectivity index (χ2n) is 3.75. The molecule has 2 aromatic rings. The molecule has 0 aliphatic carbocycles. The summed E-state index contributed by atoms with van der Waals surface area (Å²) in [7, 11) is 0. The zero-order valence-corrected chi connectivity index (χ0v) is 11.1. The van der Waals surface area contributed by atoms with E-state index in [4.69, 9.17) is 17.3 Å². The Morgan fingerprint density at radius 2 is 2.06 bits per heavy atom. The topological polar surface area (TPSA) is 38.9 Å². The molecule has 0 atom stereocenters. The maximum Gasteiger partial charge on any atom is 0.123 e. The summed E-state index contributed by atoms with van der Waals surface area (Å²) >= 11 is 7.48. The molecule has 5 heteroatoms. The van der Waals surface area contributed by atoms with Crippen LogP contribution in [0.3, 0.4) is 0 Å². The standard InChI is InChI=1S/C13H12ClFN2S/c14-12-2-1-3-17-13(12)18-8-10-4-9(7-16)5-11(15)6-10/h1-6H,7-8,16H2. The molecule has 1 heterocycles. The van der Waals surface area contributed by atoms with Crippen molar-refractivity contribution in [3.8, 4) is 0 Å². The molecule has 0 aliphatic rings. The van der Waals surface area contributed by atoms with Gasteiger partial charge in [0, 0.05) is 18.5 Å². The van der Waals surface area contributed by atoms with Gasteiger partial charge in [-0.3, -0.25) is 0 Å². The molecule has 0 aliphatic heterocycles. The van der Waals surface area contributed by atoms with Crippen molar-refractivity contribution in [2.24, 2.45) is 5.73 Å². The zero-order valence-electron chi connectivity index (χ0n) is 9.57. The van der Waals surface area contributed by atoms with E-state index in [0.717, 1.165) is 16.2 Å². The number of benzene rings is 1. The van der Waals surface area contributed by atoms with Crippen molar-refractivity contribution >= 4 is 23.4 Å². The van der Waals surface area contributed by atoms with E-state index in [1.165, 1.54) is 23.9 Å². The van der Waals surface area contributed by atoms with Crippen molar-refractivity contribution in [1.82, 2.24) is 4.98 Å². The molecule has 0 radical (unpaired) electrons. The van der Waals surface area contributed by atoms with E-state index < -0.39 is 0 Å². The van der Waals surface area contributed by atoms with Gasteiger partial charge < -0.3 is 5.73 Å². The van der Waals surface area contributed by atoms with Gasteiger partial charge in [0.05, 0.1) is 5.02 Å². The van der Waals surface area contributed by atoms with E-state index in [9.17, 15) is 4.39 Å². The minimum absolute atomic E-state index is 0.263. The first-order chi connectivity index (χ1) is 8.69. The highest BCUT2D eigenvalue weighted by Crippen LogP contribution is 2.27. The van der Waals surface area contributed by atoms with Crippen LogP contribution in [0.1, 0.15) is 11.1 Å². The monoisotopic (exact) mass is 282 g/mol. The minimum atomic E-state index is -0.263. The summed E-state index contributed by atoms with van der Waals surface area (Å²) in [5.74, 6) is 0.349. The number of thioether (sulfide) groups is 1. The van der Waals surface area contributed by atoms with Crippen LogP contribution in [0.15, 0.2) is 41.6 Å². The van der Waals surface area contributed by atoms with Crippen LogP contribution in [-0.2, 0) is 12.3 Å². The third kappa shape index (κ3) is 3.45. The summed E-state index contributed by atoms with van der Waals surface area (Å²) in [4.78, 5) is 4.17. The fourth-order valence-corrected chi connectivity index (χ4v) is 2.64. The summed E-state index contributed by atoms with van der Waals surface area (Å²) in [6.45, 7) is 0.333. The van der Waals surface area contributed by atoms with Gasteiger partial charge in [0.1, 0.15) is 10.8 Å². The molecule has 0 amide bonds. The van der Waals surface area contributed by atoms with Crippen molar-refractivity contribution in [2.75, 3.05) is 0 Å². The van der Waals surface area contributed by atoms with Crippen LogP contribution in [0.5, 0.6) is 0 Å². The first-order valence-corrected chi connectivity index (χ1v) is 6.77. The molecule has 0 bridgehead atoms. The van der Waals surface area contributed by atoms with Gasteiger partial charge in [-0.15, -0.1) is 11.8 Å². The van der Waals surface area contributed by atoms with Crippen molar-refractivity contribution in [3.05, 3.63) is 58.5 Å². The van der Waals surface area contributed by atoms with E-state index in [1.807, 2.05) is 6.07 Å². The van der Waals surface area contributed by atoms with Crippen molar-refractivity contribution in [3.63, 3.8) is 0 Å². The Morgan fingerprint density at radius 3 is 2.78 bits per heavy atom. The molecule has 0 spiro atoms. The molecular weight excluding hydrogens is 271 g/mol. The van der Waals surface area contributed by atoms with Gasteiger partial charge in [0.15, 0.2) is 0 Å². The first-order valence-electron chi connectivity index (χ1n) is 5.41. The number of halogens is 2. The number of aromatic nitrogens is 1. The highest BCUT2D eigenvalue weighted by Gasteiger charge is 2.04. The van der Waals surface area contributed by atoms with Crippen molar-refractivity contribution < 1.29 is 4.39 Å². The van der Waals surface area contributed by atoms with Crippen LogP contribution in [0.25, 0.3) is 0 Å². The third-order valence-corrected chi connectivity index (χ3v) is 3.85. The molecule has 2 nitrogen and oxygen atoms in total. The lowest BCUT2D eigenvalue weighted by atomic mass is 10.1. The summed E-state index contributed by atoms with van der Waals surface area (Å²) in [5.41, 5.74) is 7.18. The summed E-state index contributed by atoms with van der Waals surface area (Å²) < 4.78 is 13.3. The molecule has 0 unspecified atom stereocenters. The first kappa shape index (κ1) is 13.3. The Labute approximate surface area is 114 Å². The summed E-state index contributed by atoms with van der Waals surface area (Å²) in [6, 6.07) is 8.41. The molecule has 1 aromatic carbocycles. The van der Waals surface area contributed by atoms with E-state index in [-0.39, 0.29) is 5.82 Å². The van der Waals surface area contributed by atoms with Gasteiger partial charge in [0.2, 0.25) is 0 Å². The molecule has 94 valence electrons. The lowest BCUT2D eigenvalue weighted by Crippen LogP contribution is -1.98. The van der Waals surface area contributed by atoms with Gasteiger partial charge in [-0.25, -0.2) is 9.37 Å². The van der Waals surface area contributed by atoms with E-state index in [1.54, 1.807) is 18.3 Å². The number of hydrogen-bond acceptors (Lipinski definition) is 3. The van der Waals surface area contributed by atoms with Crippen LogP contribution in [0, 0.1) is 5.82 Å². The summed E-state index contributed by atoms with van der Waals surface area (Å²) in [6.07, 6.45) is 1.69. The van der Waals surface area contributed by atoms with Gasteiger partial charge in [-0.2, -0.15) is 0 Å². The molecule has 2 N–H and O–H groups in total. The number of nitrogens with zero attached hydrogens (tertiary/aromatic N) is 1. The number of rotatable bonds is 4. The normalized spacial score (nSPS) is 10.6. The molecule has 2 rings (SSSR count). The number of hydrogen-bond donors (Lipinski definition) is 1. The lowest BCUT2D eigenvalue weighted by molar-refractivity contribution is 0.624. The molecule has 0 fully saturated rings. The molecule has 0 saturated heterocycles. The van der Waals surface area contributed by atoms with Crippen molar-refractivity contribution in [1.29, 1.82) is 0 Å². The van der Waals surface area contributed by atoms with Crippen LogP contribution in [0.4, 0.5) is 4.39 Å². The SMILES string of the molecule is NCc1cc(F)cc(CSc2ncccc2Cl)c1. The minimum Gasteiger partial charge on any atom is -0.326 e. The molecule has 1 aromatic heterocycles. The maximum absolute atomic E-state index is 13.3. The molecule has 18 heavy (non-hydrogen) atoms. The Kier molecular flexibility index (Phi) is 4.58. The highest BCUT2D eigenvalue weighted by atomic mass is 35.5. The quantitative estimate of drug-likeness (QED) is 0.871. The van der Waals surface area contributed by atoms with E-state index in [2.05, 4.69) is 4.98 Å². The van der Waals surface area contributed by atoms with Crippen LogP contribution in [0.2, 0.25) is 5.02 Å². The Balaban J connectivity index is 2.11. The van der Waals surface area contributed by atoms with Gasteiger partial charge >= 0.3 is 0 Å². The predicted molar refractivity (Wildman–Crippen MR) is 73.1 cm³/mol. The number of nitrogens with two attached hydrogens (primary N) is 1. The largest absolute Gasteiger partial charge is 0.326 e. The van der Waals surface area contributed by atoms with Gasteiger partial charge in [-0.1, -0.05) is 17.7 Å². The maximum atomic E-state index is 13.3. The molecular formula is C13H12ClFN2S. The predicted octanol–water partition coefficient (Wildman–Crippen LogP) is 3.63. The zero-order chi connectivity index (χ0) is 13.0. The average molecular weight is 283 g/mol. The van der Waals surface area contributed by atoms with Crippen molar-refractivity contribution in [2.45, 2.75) is 17.3 Å². The van der Waals surface area contributed by atoms with E-state index in [0.29, 0.717) is 17.3 Å². The van der Waals surface area contributed by atoms with Crippen LogP contribution in [-0.4, -0.2) is 4.98 Å². The smallest absolute Gasteiger partial charge is 0.123 e. The number of pyridine rings is 1. The fourth-order valence-electron chi connectivity index (χ4n) is 1.55. The van der Waals surface area contributed by atoms with Crippen LogP contribution < -0.4 is 5.73 Å². The second kappa shape index (κ2) is 6.18. The van der Waals surface area contributed by atoms with Crippen LogP contribution >= 0.6 is 23.4 Å². The Bertz CT molecular complexity index is 548. The van der Waals surface area contributed by atoms with E-state index >= 15 is 0 Å². The fraction of sp³-hybridized carbons (Fsp3) is 0.154. The highest BCUT2D eigenvalue weighted by molar-refractivity contribution is 7.98. The van der Waals surface area contributed by atoms with Gasteiger partial charge in [0.25, 0.3) is 0 Å². The third-order valence-electron chi connectivity index (χ3n) is 2.35. The lowest BCUT2D eigenvalue weighted by Gasteiger charge is -2.05. The average Bonchev–Trinajstić information content (AvgIpc) is 2.37.